The Hall–Kier alpha value is -6.13. The smallest absolute Gasteiger partial charge is 0.160 e. The first-order chi connectivity index (χ1) is 22.3. The predicted octanol–water partition coefficient (Wildman–Crippen LogP) is 10.7. The molecule has 0 N–H and O–H groups in total. The van der Waals surface area contributed by atoms with Gasteiger partial charge in [0.25, 0.3) is 0 Å². The fraction of sp³-hybridized carbons (Fsp3) is 0. The number of nitrogens with zero attached hydrogens (tertiary/aromatic N) is 3. The summed E-state index contributed by atoms with van der Waals surface area (Å²) in [7, 11) is 0. The number of fused-ring (bicyclic) bond motifs is 6. The van der Waals surface area contributed by atoms with E-state index >= 15 is 0 Å². The summed E-state index contributed by atoms with van der Waals surface area (Å²) in [6.45, 7) is 0. The maximum absolute atomic E-state index is 6.29. The lowest BCUT2D eigenvalue weighted by atomic mass is 9.97. The van der Waals surface area contributed by atoms with Crippen LogP contribution in [0, 0.1) is 0 Å². The van der Waals surface area contributed by atoms with Crippen molar-refractivity contribution in [2.24, 2.45) is 0 Å². The largest absolute Gasteiger partial charge is 0.456 e. The lowest BCUT2D eigenvalue weighted by Gasteiger charge is -2.12. The van der Waals surface area contributed by atoms with Crippen LogP contribution in [0.2, 0.25) is 0 Å². The summed E-state index contributed by atoms with van der Waals surface area (Å²) in [4.78, 5) is 15.1. The van der Waals surface area contributed by atoms with Gasteiger partial charge in [-0.15, -0.1) is 0 Å². The number of furan rings is 1. The van der Waals surface area contributed by atoms with Gasteiger partial charge in [0.1, 0.15) is 11.2 Å². The molecule has 6 aromatic carbocycles. The molecule has 0 aliphatic carbocycles. The molecule has 45 heavy (non-hydrogen) atoms. The molecule has 0 atom stereocenters. The van der Waals surface area contributed by atoms with Crippen molar-refractivity contribution in [3.63, 3.8) is 0 Å². The molecule has 0 fully saturated rings. The van der Waals surface area contributed by atoms with Crippen molar-refractivity contribution < 1.29 is 4.42 Å². The molecule has 0 aliphatic heterocycles. The molecule has 4 nitrogen and oxygen atoms in total. The van der Waals surface area contributed by atoms with Gasteiger partial charge >= 0.3 is 0 Å². The third-order valence-electron chi connectivity index (χ3n) is 8.48. The average Bonchev–Trinajstić information content (AvgIpc) is 3.49. The van der Waals surface area contributed by atoms with E-state index in [0.29, 0.717) is 5.82 Å². The van der Waals surface area contributed by atoms with Gasteiger partial charge in [0.2, 0.25) is 0 Å². The van der Waals surface area contributed by atoms with E-state index in [0.717, 1.165) is 82.9 Å². The Morgan fingerprint density at radius 1 is 0.356 bits per heavy atom. The number of pyridine rings is 1. The molecule has 3 heterocycles. The van der Waals surface area contributed by atoms with Crippen LogP contribution >= 0.6 is 0 Å². The van der Waals surface area contributed by atoms with Gasteiger partial charge in [0.05, 0.1) is 22.6 Å². The van der Waals surface area contributed by atoms with Gasteiger partial charge < -0.3 is 4.42 Å². The zero-order valence-electron chi connectivity index (χ0n) is 24.2. The molecule has 0 amide bonds. The highest BCUT2D eigenvalue weighted by molar-refractivity contribution is 6.18. The average molecular weight is 576 g/mol. The van der Waals surface area contributed by atoms with Gasteiger partial charge in [0, 0.05) is 43.8 Å². The van der Waals surface area contributed by atoms with E-state index in [2.05, 4.69) is 84.9 Å². The SMILES string of the molecule is c1ccc(-c2cc(-c3ccc(-c4nc5ccccc5c5cc6c(cc45)oc4ccccc46)cc3)nc(-c3ccccc3)n2)cc1. The van der Waals surface area contributed by atoms with Crippen molar-refractivity contribution in [3.05, 3.63) is 152 Å². The molecule has 0 bridgehead atoms. The number of rotatable bonds is 4. The number of hydrogen-bond donors (Lipinski definition) is 0. The third kappa shape index (κ3) is 4.35. The summed E-state index contributed by atoms with van der Waals surface area (Å²) in [5, 5.41) is 5.59. The van der Waals surface area contributed by atoms with Crippen LogP contribution in [0.1, 0.15) is 0 Å². The highest BCUT2D eigenvalue weighted by atomic mass is 16.3. The van der Waals surface area contributed by atoms with Gasteiger partial charge in [-0.1, -0.05) is 121 Å². The van der Waals surface area contributed by atoms with Crippen LogP contribution in [-0.4, -0.2) is 15.0 Å². The maximum Gasteiger partial charge on any atom is 0.160 e. The van der Waals surface area contributed by atoms with E-state index in [1.165, 1.54) is 0 Å². The van der Waals surface area contributed by atoms with Crippen LogP contribution in [-0.2, 0) is 0 Å². The van der Waals surface area contributed by atoms with Crippen LogP contribution in [0.15, 0.2) is 156 Å². The molecule has 0 spiro atoms. The zero-order valence-corrected chi connectivity index (χ0v) is 24.2. The van der Waals surface area contributed by atoms with Crippen LogP contribution in [0.4, 0.5) is 0 Å². The Morgan fingerprint density at radius 2 is 0.956 bits per heavy atom. The van der Waals surface area contributed by atoms with E-state index in [-0.39, 0.29) is 0 Å². The Bertz CT molecular complexity index is 2460. The Labute approximate surface area is 259 Å². The summed E-state index contributed by atoms with van der Waals surface area (Å²) < 4.78 is 6.29. The lowest BCUT2D eigenvalue weighted by Crippen LogP contribution is -1.96. The summed E-state index contributed by atoms with van der Waals surface area (Å²) in [5.74, 6) is 0.702. The summed E-state index contributed by atoms with van der Waals surface area (Å²) >= 11 is 0. The van der Waals surface area contributed by atoms with E-state index in [1.807, 2.05) is 66.7 Å². The zero-order chi connectivity index (χ0) is 29.7. The second-order valence-electron chi connectivity index (χ2n) is 11.2. The van der Waals surface area contributed by atoms with Crippen molar-refractivity contribution >= 4 is 43.6 Å². The van der Waals surface area contributed by atoms with Crippen molar-refractivity contribution in [2.75, 3.05) is 0 Å². The molecule has 3 aromatic heterocycles. The number of hydrogen-bond acceptors (Lipinski definition) is 4. The molecule has 210 valence electrons. The van der Waals surface area contributed by atoms with E-state index in [4.69, 9.17) is 19.4 Å². The monoisotopic (exact) mass is 575 g/mol. The van der Waals surface area contributed by atoms with Crippen molar-refractivity contribution in [1.82, 2.24) is 15.0 Å². The highest BCUT2D eigenvalue weighted by Gasteiger charge is 2.16. The first-order valence-corrected chi connectivity index (χ1v) is 15.0. The quantitative estimate of drug-likeness (QED) is 0.196. The number of para-hydroxylation sites is 2. The molecule has 0 aliphatic rings. The van der Waals surface area contributed by atoms with Crippen LogP contribution in [0.5, 0.6) is 0 Å². The van der Waals surface area contributed by atoms with Gasteiger partial charge in [-0.25, -0.2) is 15.0 Å². The Morgan fingerprint density at radius 3 is 1.71 bits per heavy atom. The first kappa shape index (κ1) is 25.4. The van der Waals surface area contributed by atoms with Gasteiger partial charge in [-0.05, 0) is 35.7 Å². The maximum atomic E-state index is 6.29. The van der Waals surface area contributed by atoms with Crippen molar-refractivity contribution in [3.8, 4) is 45.2 Å². The minimum atomic E-state index is 0.702. The predicted molar refractivity (Wildman–Crippen MR) is 184 cm³/mol. The topological polar surface area (TPSA) is 51.8 Å². The third-order valence-corrected chi connectivity index (χ3v) is 8.48. The van der Waals surface area contributed by atoms with E-state index in [1.54, 1.807) is 0 Å². The molecule has 0 saturated carbocycles. The standard InChI is InChI=1S/C41H25N3O/c1-3-11-26(12-4-1)36-25-37(44-41(43-36)29-13-5-2-6-14-29)27-19-21-28(22-20-27)40-34-24-39-33(31-16-8-10-18-38(31)45-39)23-32(34)30-15-7-9-17-35(30)42-40/h1-25H. The molecule has 0 saturated heterocycles. The normalized spacial score (nSPS) is 11.6. The molecule has 0 unspecified atom stereocenters. The highest BCUT2D eigenvalue weighted by Crippen LogP contribution is 2.39. The van der Waals surface area contributed by atoms with E-state index in [9.17, 15) is 0 Å². The summed E-state index contributed by atoms with van der Waals surface area (Å²) in [6, 6.07) is 52.0. The Balaban J connectivity index is 1.21. The number of benzene rings is 6. The molecular formula is C41H25N3O. The van der Waals surface area contributed by atoms with Crippen LogP contribution in [0.25, 0.3) is 88.8 Å². The molecule has 4 heteroatoms. The van der Waals surface area contributed by atoms with Crippen molar-refractivity contribution in [2.45, 2.75) is 0 Å². The second kappa shape index (κ2) is 10.2. The van der Waals surface area contributed by atoms with Gasteiger partial charge in [-0.3, -0.25) is 0 Å². The minimum Gasteiger partial charge on any atom is -0.456 e. The molecule has 9 aromatic rings. The number of aromatic nitrogens is 3. The van der Waals surface area contributed by atoms with Crippen LogP contribution < -0.4 is 0 Å². The summed E-state index contributed by atoms with van der Waals surface area (Å²) in [6.07, 6.45) is 0. The second-order valence-corrected chi connectivity index (χ2v) is 11.2. The molecule has 0 radical (unpaired) electrons. The Kier molecular flexibility index (Phi) is 5.78. The molecule has 9 rings (SSSR count). The minimum absolute atomic E-state index is 0.702. The summed E-state index contributed by atoms with van der Waals surface area (Å²) in [5.41, 5.74) is 9.49. The lowest BCUT2D eigenvalue weighted by molar-refractivity contribution is 0.669. The van der Waals surface area contributed by atoms with Crippen LogP contribution in [0.3, 0.4) is 0 Å². The van der Waals surface area contributed by atoms with Gasteiger partial charge in [0.15, 0.2) is 5.82 Å². The molecular weight excluding hydrogens is 550 g/mol. The fourth-order valence-corrected chi connectivity index (χ4v) is 6.26. The fourth-order valence-electron chi connectivity index (χ4n) is 6.26. The van der Waals surface area contributed by atoms with E-state index < -0.39 is 0 Å². The van der Waals surface area contributed by atoms with Crippen molar-refractivity contribution in [1.29, 1.82) is 0 Å². The first-order valence-electron chi connectivity index (χ1n) is 15.0. The van der Waals surface area contributed by atoms with Gasteiger partial charge in [-0.2, -0.15) is 0 Å².